The Morgan fingerprint density at radius 1 is 0.921 bits per heavy atom. The number of amides is 3. The third kappa shape index (κ3) is 17.3. The van der Waals surface area contributed by atoms with Gasteiger partial charge >= 0.3 is 6.09 Å². The molecule has 0 aliphatic heterocycles. The average molecular weight is 553 g/mol. The van der Waals surface area contributed by atoms with Crippen LogP contribution in [0.1, 0.15) is 94.4 Å². The maximum Gasteiger partial charge on any atom is 0.408 e. The van der Waals surface area contributed by atoms with Gasteiger partial charge in [0, 0.05) is 11.5 Å². The van der Waals surface area contributed by atoms with Crippen molar-refractivity contribution in [1.82, 2.24) is 16.1 Å². The van der Waals surface area contributed by atoms with Crippen LogP contribution in [0, 0.1) is 5.92 Å². The molecule has 9 heteroatoms. The van der Waals surface area contributed by atoms with Gasteiger partial charge in [-0.25, -0.2) is 10.6 Å². The number of hydrogen-bond donors (Lipinski definition) is 4. The van der Waals surface area contributed by atoms with Crippen molar-refractivity contribution in [2.45, 2.75) is 112 Å². The number of nitrogens with one attached hydrogen (secondary N) is 3. The number of allylic oxidation sites excluding steroid dienone is 5. The van der Waals surface area contributed by atoms with Gasteiger partial charge in [0.15, 0.2) is 0 Å². The Balaban J connectivity index is 4.92. The predicted octanol–water partition coefficient (Wildman–Crippen LogP) is 5.55. The van der Waals surface area contributed by atoms with E-state index >= 15 is 0 Å². The van der Waals surface area contributed by atoms with E-state index < -0.39 is 35.6 Å². The van der Waals surface area contributed by atoms with Gasteiger partial charge in [-0.2, -0.15) is 11.8 Å². The van der Waals surface area contributed by atoms with E-state index in [1.54, 1.807) is 20.8 Å². The first-order valence-corrected chi connectivity index (χ1v) is 14.7. The van der Waals surface area contributed by atoms with E-state index in [9.17, 15) is 14.4 Å². The van der Waals surface area contributed by atoms with Crippen LogP contribution in [0.5, 0.6) is 0 Å². The lowest BCUT2D eigenvalue weighted by molar-refractivity contribution is -0.130. The molecule has 0 radical (unpaired) electrons. The number of rotatable bonds is 16. The first-order chi connectivity index (χ1) is 17.7. The summed E-state index contributed by atoms with van der Waals surface area (Å²) in [7, 11) is 0. The highest BCUT2D eigenvalue weighted by Gasteiger charge is 2.31. The largest absolute Gasteiger partial charge is 0.444 e. The molecule has 38 heavy (non-hydrogen) atoms. The highest BCUT2D eigenvalue weighted by Crippen LogP contribution is 2.14. The first-order valence-electron chi connectivity index (χ1n) is 13.5. The van der Waals surface area contributed by atoms with E-state index in [1.807, 2.05) is 13.8 Å². The lowest BCUT2D eigenvalue weighted by Crippen LogP contribution is -2.57. The molecular formula is C29H52N4O4S. The monoisotopic (exact) mass is 552 g/mol. The van der Waals surface area contributed by atoms with Crippen molar-refractivity contribution in [2.75, 3.05) is 11.5 Å². The fourth-order valence-electron chi connectivity index (χ4n) is 3.41. The maximum absolute atomic E-state index is 13.1. The van der Waals surface area contributed by atoms with Crippen LogP contribution in [0.4, 0.5) is 4.79 Å². The second-order valence-corrected chi connectivity index (χ2v) is 12.2. The van der Waals surface area contributed by atoms with Crippen LogP contribution in [0.15, 0.2) is 34.9 Å². The van der Waals surface area contributed by atoms with E-state index in [1.165, 1.54) is 28.5 Å². The molecule has 3 amide bonds. The number of hydrogen-bond acceptors (Lipinski definition) is 6. The molecule has 0 unspecified atom stereocenters. The summed E-state index contributed by atoms with van der Waals surface area (Å²) in [6, 6.07) is -1.67. The number of ether oxygens (including phenoxy) is 1. The minimum absolute atomic E-state index is 0.160. The van der Waals surface area contributed by atoms with Crippen molar-refractivity contribution in [1.29, 1.82) is 0 Å². The third-order valence-corrected chi connectivity index (χ3v) is 6.87. The van der Waals surface area contributed by atoms with Gasteiger partial charge in [0.2, 0.25) is 5.91 Å². The van der Waals surface area contributed by atoms with Gasteiger partial charge in [-0.15, -0.1) is 0 Å². The van der Waals surface area contributed by atoms with Crippen molar-refractivity contribution in [3.8, 4) is 0 Å². The number of thioether (sulfide) groups is 1. The molecule has 3 atom stereocenters. The van der Waals surface area contributed by atoms with Crippen LogP contribution in [-0.2, 0) is 14.3 Å². The van der Waals surface area contributed by atoms with Gasteiger partial charge in [-0.3, -0.25) is 15.0 Å². The Morgan fingerprint density at radius 2 is 1.50 bits per heavy atom. The number of carbonyl (C=O) groups excluding carboxylic acids is 3. The van der Waals surface area contributed by atoms with Gasteiger partial charge in [0.05, 0.1) is 0 Å². The predicted molar refractivity (Wildman–Crippen MR) is 160 cm³/mol. The average Bonchev–Trinajstić information content (AvgIpc) is 2.81. The van der Waals surface area contributed by atoms with E-state index in [0.717, 1.165) is 25.7 Å². The quantitative estimate of drug-likeness (QED) is 0.0654. The summed E-state index contributed by atoms with van der Waals surface area (Å²) in [5.41, 5.74) is 5.49. The normalized spacial score (nSPS) is 14.7. The minimum atomic E-state index is -0.839. The summed E-state index contributed by atoms with van der Waals surface area (Å²) in [4.78, 5) is 37.7. The molecule has 0 saturated heterocycles. The number of nitrogens with two attached hydrogens (primary N) is 1. The van der Waals surface area contributed by atoms with Gasteiger partial charge in [0.25, 0.3) is 5.91 Å². The zero-order valence-electron chi connectivity index (χ0n) is 25.0. The summed E-state index contributed by atoms with van der Waals surface area (Å²) in [5, 5.41) is 5.41. The van der Waals surface area contributed by atoms with Crippen LogP contribution in [-0.4, -0.2) is 47.1 Å². The molecule has 0 aromatic rings. The summed E-state index contributed by atoms with van der Waals surface area (Å²) in [6.07, 6.45) is 10.9. The van der Waals surface area contributed by atoms with Crippen LogP contribution < -0.4 is 21.9 Å². The molecule has 0 spiro atoms. The first kappa shape index (κ1) is 35.7. The molecule has 5 N–H and O–H groups in total. The van der Waals surface area contributed by atoms with E-state index in [-0.39, 0.29) is 5.92 Å². The van der Waals surface area contributed by atoms with Gasteiger partial charge in [0.1, 0.15) is 17.7 Å². The summed E-state index contributed by atoms with van der Waals surface area (Å²) < 4.78 is 5.31. The number of carbonyl (C=O) groups is 3. The molecule has 0 aromatic carbocycles. The van der Waals surface area contributed by atoms with E-state index in [2.05, 4.69) is 62.0 Å². The molecule has 0 aliphatic carbocycles. The molecule has 0 heterocycles. The molecular weight excluding hydrogens is 500 g/mol. The Hall–Kier alpha value is -2.26. The van der Waals surface area contributed by atoms with Crippen molar-refractivity contribution in [3.63, 3.8) is 0 Å². The van der Waals surface area contributed by atoms with E-state index in [0.29, 0.717) is 17.9 Å². The van der Waals surface area contributed by atoms with Crippen LogP contribution in [0.2, 0.25) is 0 Å². The minimum Gasteiger partial charge on any atom is -0.444 e. The summed E-state index contributed by atoms with van der Waals surface area (Å²) >= 11 is 1.54. The Labute approximate surface area is 235 Å². The standard InChI is InChI=1S/C29H52N4O4S/c1-10-23(6)25(32-28(36)37-29(7,8)9)27(35)31-24(26(34)33-30)19-38-18-17-22(5)16-12-15-21(4)14-11-13-20(2)3/h13,15,17,23-25H,10-12,14,16,18-19,30H2,1-9H3,(H,31,35)(H,32,36)(H,33,34)/t23-,24-,25+/m0/s1. The molecule has 8 nitrogen and oxygen atoms in total. The zero-order chi connectivity index (χ0) is 29.3. The molecule has 0 rings (SSSR count). The van der Waals surface area contributed by atoms with Gasteiger partial charge in [-0.05, 0) is 80.1 Å². The van der Waals surface area contributed by atoms with Crippen molar-refractivity contribution >= 4 is 29.7 Å². The highest BCUT2D eigenvalue weighted by atomic mass is 32.2. The van der Waals surface area contributed by atoms with Crippen LogP contribution in [0.3, 0.4) is 0 Å². The molecule has 0 saturated carbocycles. The second kappa shape index (κ2) is 18.9. The lowest BCUT2D eigenvalue weighted by Gasteiger charge is -2.27. The number of alkyl carbamates (subject to hydrolysis) is 1. The fourth-order valence-corrected chi connectivity index (χ4v) is 4.42. The molecule has 0 bridgehead atoms. The van der Waals surface area contributed by atoms with Crippen molar-refractivity contribution in [2.24, 2.45) is 11.8 Å². The van der Waals surface area contributed by atoms with E-state index in [4.69, 9.17) is 10.6 Å². The third-order valence-electron chi connectivity index (χ3n) is 5.90. The summed E-state index contributed by atoms with van der Waals surface area (Å²) in [6.45, 7) is 17.6. The van der Waals surface area contributed by atoms with Gasteiger partial charge < -0.3 is 15.4 Å². The molecule has 0 fully saturated rings. The topological polar surface area (TPSA) is 123 Å². The van der Waals surface area contributed by atoms with Crippen LogP contribution >= 0.6 is 11.8 Å². The van der Waals surface area contributed by atoms with Gasteiger partial charge in [-0.1, -0.05) is 55.2 Å². The van der Waals surface area contributed by atoms with Crippen molar-refractivity contribution < 1.29 is 19.1 Å². The molecule has 0 aromatic heterocycles. The van der Waals surface area contributed by atoms with Crippen LogP contribution in [0.25, 0.3) is 0 Å². The summed E-state index contributed by atoms with van der Waals surface area (Å²) in [5.74, 6) is 5.34. The Morgan fingerprint density at radius 3 is 2.03 bits per heavy atom. The second-order valence-electron chi connectivity index (χ2n) is 11.1. The Bertz CT molecular complexity index is 842. The molecule has 218 valence electrons. The Kier molecular flexibility index (Phi) is 17.8. The van der Waals surface area contributed by atoms with Crippen molar-refractivity contribution in [3.05, 3.63) is 34.9 Å². The highest BCUT2D eigenvalue weighted by molar-refractivity contribution is 7.99. The number of hydrazine groups is 1. The lowest BCUT2D eigenvalue weighted by atomic mass is 9.98. The SMILES string of the molecule is CC[C@H](C)[C@@H](NC(=O)OC(C)(C)C)C(=O)N[C@@H](CSCC=C(C)CCC=C(C)CCC=C(C)C)C(=O)NN. The molecule has 0 aliphatic rings. The maximum atomic E-state index is 13.1. The zero-order valence-corrected chi connectivity index (χ0v) is 25.8. The smallest absolute Gasteiger partial charge is 0.408 e. The fraction of sp³-hybridized carbons (Fsp3) is 0.690.